The maximum atomic E-state index is 6.10. The van der Waals surface area contributed by atoms with Crippen LogP contribution in [0.25, 0.3) is 5.69 Å². The number of rotatable bonds is 6. The van der Waals surface area contributed by atoms with Crippen LogP contribution in [0, 0.1) is 0 Å². The summed E-state index contributed by atoms with van der Waals surface area (Å²) in [5, 5.41) is 20.0. The number of nitrogens with one attached hydrogen (secondary N) is 1. The molecule has 0 aliphatic carbocycles. The summed E-state index contributed by atoms with van der Waals surface area (Å²) in [6, 6.07) is 7.50. The lowest BCUT2D eigenvalue weighted by atomic mass is 10.2. The summed E-state index contributed by atoms with van der Waals surface area (Å²) < 4.78 is 3.58. The van der Waals surface area contributed by atoms with Crippen molar-refractivity contribution in [3.05, 3.63) is 47.5 Å². The van der Waals surface area contributed by atoms with E-state index in [0.717, 1.165) is 30.2 Å². The number of anilines is 1. The molecule has 0 radical (unpaired) electrons. The van der Waals surface area contributed by atoms with Crippen molar-refractivity contribution >= 4 is 17.3 Å². The van der Waals surface area contributed by atoms with Crippen molar-refractivity contribution in [2.24, 2.45) is 0 Å². The number of hydrogen-bond donors (Lipinski definition) is 1. The molecule has 2 heterocycles. The van der Waals surface area contributed by atoms with Gasteiger partial charge in [0.25, 0.3) is 0 Å². The van der Waals surface area contributed by atoms with E-state index < -0.39 is 0 Å². The van der Waals surface area contributed by atoms with Gasteiger partial charge in [0.1, 0.15) is 0 Å². The second-order valence-electron chi connectivity index (χ2n) is 4.78. The van der Waals surface area contributed by atoms with Gasteiger partial charge in [-0.25, -0.2) is 9.36 Å². The SMILES string of the molecule is CCCn1nnnc1CNc1cc(Cl)ccc1-n1cccn1. The van der Waals surface area contributed by atoms with Crippen LogP contribution < -0.4 is 5.32 Å². The van der Waals surface area contributed by atoms with Crippen molar-refractivity contribution in [3.8, 4) is 5.69 Å². The zero-order valence-corrected chi connectivity index (χ0v) is 12.9. The molecule has 0 spiro atoms. The molecule has 22 heavy (non-hydrogen) atoms. The van der Waals surface area contributed by atoms with Gasteiger partial charge in [-0.3, -0.25) is 0 Å². The van der Waals surface area contributed by atoms with E-state index in [9.17, 15) is 0 Å². The van der Waals surface area contributed by atoms with E-state index in [-0.39, 0.29) is 0 Å². The third-order valence-corrected chi connectivity index (χ3v) is 3.42. The van der Waals surface area contributed by atoms with Gasteiger partial charge in [0.05, 0.1) is 17.9 Å². The Labute approximate surface area is 132 Å². The standard InChI is InChI=1S/C14H16ClN7/c1-2-7-22-14(18-19-20-22)10-16-12-9-11(15)4-5-13(12)21-8-3-6-17-21/h3-6,8-9,16H,2,7,10H2,1H3. The number of aryl methyl sites for hydroxylation is 1. The average molecular weight is 318 g/mol. The molecule has 1 aromatic carbocycles. The monoisotopic (exact) mass is 317 g/mol. The number of benzene rings is 1. The summed E-state index contributed by atoms with van der Waals surface area (Å²) in [7, 11) is 0. The molecule has 7 nitrogen and oxygen atoms in total. The Morgan fingerprint density at radius 2 is 2.23 bits per heavy atom. The van der Waals surface area contributed by atoms with Crippen LogP contribution in [0.2, 0.25) is 5.02 Å². The third kappa shape index (κ3) is 3.09. The summed E-state index contributed by atoms with van der Waals surface area (Å²) >= 11 is 6.10. The molecular formula is C14H16ClN7. The second-order valence-corrected chi connectivity index (χ2v) is 5.22. The molecule has 1 N–H and O–H groups in total. The van der Waals surface area contributed by atoms with Crippen molar-refractivity contribution in [2.75, 3.05) is 5.32 Å². The van der Waals surface area contributed by atoms with E-state index in [2.05, 4.69) is 32.9 Å². The highest BCUT2D eigenvalue weighted by atomic mass is 35.5. The highest BCUT2D eigenvalue weighted by Gasteiger charge is 2.09. The highest BCUT2D eigenvalue weighted by molar-refractivity contribution is 6.31. The van der Waals surface area contributed by atoms with Crippen molar-refractivity contribution in [2.45, 2.75) is 26.4 Å². The van der Waals surface area contributed by atoms with Crippen molar-refractivity contribution in [1.82, 2.24) is 30.0 Å². The van der Waals surface area contributed by atoms with Gasteiger partial charge < -0.3 is 5.32 Å². The molecule has 3 rings (SSSR count). The Hall–Kier alpha value is -2.41. The van der Waals surface area contributed by atoms with Crippen LogP contribution in [0.1, 0.15) is 19.2 Å². The fourth-order valence-corrected chi connectivity index (χ4v) is 2.34. The van der Waals surface area contributed by atoms with E-state index in [4.69, 9.17) is 11.6 Å². The normalized spacial score (nSPS) is 10.8. The van der Waals surface area contributed by atoms with Crippen LogP contribution in [0.4, 0.5) is 5.69 Å². The topological polar surface area (TPSA) is 73.5 Å². The zero-order chi connectivity index (χ0) is 15.4. The van der Waals surface area contributed by atoms with Gasteiger partial charge in [0, 0.05) is 24.0 Å². The molecule has 3 aromatic rings. The first-order chi connectivity index (χ1) is 10.8. The number of halogens is 1. The lowest BCUT2D eigenvalue weighted by Crippen LogP contribution is -2.11. The largest absolute Gasteiger partial charge is 0.376 e. The molecule has 0 aliphatic rings. The molecule has 0 unspecified atom stereocenters. The van der Waals surface area contributed by atoms with Crippen molar-refractivity contribution in [3.63, 3.8) is 0 Å². The van der Waals surface area contributed by atoms with Crippen LogP contribution in [0.15, 0.2) is 36.7 Å². The van der Waals surface area contributed by atoms with E-state index >= 15 is 0 Å². The third-order valence-electron chi connectivity index (χ3n) is 3.19. The summed E-state index contributed by atoms with van der Waals surface area (Å²) in [5.74, 6) is 0.785. The smallest absolute Gasteiger partial charge is 0.170 e. The first-order valence-corrected chi connectivity index (χ1v) is 7.44. The van der Waals surface area contributed by atoms with Crippen LogP contribution in [0.3, 0.4) is 0 Å². The number of aromatic nitrogens is 6. The van der Waals surface area contributed by atoms with E-state index in [1.807, 2.05) is 30.5 Å². The van der Waals surface area contributed by atoms with Crippen molar-refractivity contribution in [1.29, 1.82) is 0 Å². The average Bonchev–Trinajstić information content (AvgIpc) is 3.17. The van der Waals surface area contributed by atoms with Gasteiger partial charge in [-0.15, -0.1) is 5.10 Å². The van der Waals surface area contributed by atoms with Gasteiger partial charge in [0.2, 0.25) is 0 Å². The number of tetrazole rings is 1. The van der Waals surface area contributed by atoms with E-state index in [1.165, 1.54) is 0 Å². The zero-order valence-electron chi connectivity index (χ0n) is 12.1. The fourth-order valence-electron chi connectivity index (χ4n) is 2.17. The van der Waals surface area contributed by atoms with Gasteiger partial charge in [0.15, 0.2) is 5.82 Å². The highest BCUT2D eigenvalue weighted by Crippen LogP contribution is 2.24. The molecule has 114 valence electrons. The summed E-state index contributed by atoms with van der Waals surface area (Å²) in [5.41, 5.74) is 1.80. The Balaban J connectivity index is 1.83. The number of nitrogens with zero attached hydrogens (tertiary/aromatic N) is 6. The summed E-state index contributed by atoms with van der Waals surface area (Å²) in [6.45, 7) is 3.40. The summed E-state index contributed by atoms with van der Waals surface area (Å²) in [6.07, 6.45) is 4.60. The second kappa shape index (κ2) is 6.57. The predicted octanol–water partition coefficient (Wildman–Crippen LogP) is 2.53. The summed E-state index contributed by atoms with van der Waals surface area (Å²) in [4.78, 5) is 0. The molecule has 8 heteroatoms. The van der Waals surface area contributed by atoms with Crippen LogP contribution in [0.5, 0.6) is 0 Å². The lowest BCUT2D eigenvalue weighted by molar-refractivity contribution is 0.558. The molecule has 0 saturated heterocycles. The molecule has 0 aliphatic heterocycles. The quantitative estimate of drug-likeness (QED) is 0.756. The van der Waals surface area contributed by atoms with Crippen LogP contribution >= 0.6 is 11.6 Å². The molecule has 0 saturated carbocycles. The van der Waals surface area contributed by atoms with Crippen LogP contribution in [-0.4, -0.2) is 30.0 Å². The van der Waals surface area contributed by atoms with Gasteiger partial charge in [-0.2, -0.15) is 5.10 Å². The maximum Gasteiger partial charge on any atom is 0.170 e. The fraction of sp³-hybridized carbons (Fsp3) is 0.286. The molecule has 2 aromatic heterocycles. The Morgan fingerprint density at radius 1 is 1.32 bits per heavy atom. The molecular weight excluding hydrogens is 302 g/mol. The van der Waals surface area contributed by atoms with Crippen LogP contribution in [-0.2, 0) is 13.1 Å². The Kier molecular flexibility index (Phi) is 4.34. The minimum Gasteiger partial charge on any atom is -0.376 e. The first kappa shape index (κ1) is 14.5. The van der Waals surface area contributed by atoms with Gasteiger partial charge in [-0.05, 0) is 41.1 Å². The van der Waals surface area contributed by atoms with E-state index in [0.29, 0.717) is 11.6 Å². The number of hydrogen-bond acceptors (Lipinski definition) is 5. The molecule has 0 fully saturated rings. The van der Waals surface area contributed by atoms with Gasteiger partial charge in [-0.1, -0.05) is 18.5 Å². The predicted molar refractivity (Wildman–Crippen MR) is 84.0 cm³/mol. The maximum absolute atomic E-state index is 6.10. The minimum atomic E-state index is 0.515. The molecule has 0 amide bonds. The minimum absolute atomic E-state index is 0.515. The van der Waals surface area contributed by atoms with Crippen molar-refractivity contribution < 1.29 is 0 Å². The van der Waals surface area contributed by atoms with E-state index in [1.54, 1.807) is 15.6 Å². The Morgan fingerprint density at radius 3 is 3.00 bits per heavy atom. The Bertz CT molecular complexity index is 735. The lowest BCUT2D eigenvalue weighted by Gasteiger charge is -2.12. The first-order valence-electron chi connectivity index (χ1n) is 7.06. The van der Waals surface area contributed by atoms with Gasteiger partial charge >= 0.3 is 0 Å². The molecule has 0 bridgehead atoms. The molecule has 0 atom stereocenters.